The van der Waals surface area contributed by atoms with Crippen molar-refractivity contribution in [2.75, 3.05) is 17.7 Å². The average Bonchev–Trinajstić information content (AvgIpc) is 2.56. The smallest absolute Gasteiger partial charge is 0.310 e. The largest absolute Gasteiger partial charge is 0.494 e. The summed E-state index contributed by atoms with van der Waals surface area (Å²) in [5.41, 5.74) is 7.00. The van der Waals surface area contributed by atoms with Crippen molar-refractivity contribution in [3.63, 3.8) is 0 Å². The Morgan fingerprint density at radius 2 is 2.00 bits per heavy atom. The standard InChI is InChI=1S/C17H18N4O2/c1-2-10-22-14-8-9-15(19)16(11-14)21-17(20-12-18)23-13-6-4-3-5-7-13/h3-9,11H,2,10,19H2,1H3,(H,20,21). The van der Waals surface area contributed by atoms with Crippen LogP contribution in [-0.2, 0) is 0 Å². The van der Waals surface area contributed by atoms with Crippen molar-refractivity contribution >= 4 is 17.4 Å². The predicted molar refractivity (Wildman–Crippen MR) is 90.4 cm³/mol. The number of hydrogen-bond acceptors (Lipinski definition) is 5. The Morgan fingerprint density at radius 1 is 1.22 bits per heavy atom. The van der Waals surface area contributed by atoms with Crippen LogP contribution in [0.15, 0.2) is 53.5 Å². The molecule has 0 saturated heterocycles. The fourth-order valence-electron chi connectivity index (χ4n) is 1.79. The number of nitrogen functional groups attached to an aromatic ring is 1. The minimum Gasteiger partial charge on any atom is -0.494 e. The number of hydrogen-bond donors (Lipinski definition) is 2. The van der Waals surface area contributed by atoms with Crippen molar-refractivity contribution in [3.05, 3.63) is 48.5 Å². The zero-order valence-electron chi connectivity index (χ0n) is 12.8. The topological polar surface area (TPSA) is 92.7 Å². The van der Waals surface area contributed by atoms with Crippen molar-refractivity contribution in [1.82, 2.24) is 0 Å². The Hall–Kier alpha value is -3.20. The van der Waals surface area contributed by atoms with Gasteiger partial charge in [0.1, 0.15) is 11.5 Å². The second kappa shape index (κ2) is 8.29. The molecule has 0 radical (unpaired) electrons. The van der Waals surface area contributed by atoms with Crippen LogP contribution in [0.1, 0.15) is 13.3 Å². The molecule has 3 N–H and O–H groups in total. The van der Waals surface area contributed by atoms with Crippen molar-refractivity contribution < 1.29 is 9.47 Å². The third-order valence-electron chi connectivity index (χ3n) is 2.85. The number of nitrogens with one attached hydrogen (secondary N) is 1. The Kier molecular flexibility index (Phi) is 5.83. The summed E-state index contributed by atoms with van der Waals surface area (Å²) in [7, 11) is 0. The molecule has 0 heterocycles. The lowest BCUT2D eigenvalue weighted by Gasteiger charge is -2.13. The lowest BCUT2D eigenvalue weighted by Crippen LogP contribution is -2.20. The lowest BCUT2D eigenvalue weighted by molar-refractivity contribution is 0.317. The number of para-hydroxylation sites is 1. The molecule has 0 fully saturated rings. The van der Waals surface area contributed by atoms with Crippen molar-refractivity contribution in [3.8, 4) is 17.7 Å². The third-order valence-corrected chi connectivity index (χ3v) is 2.85. The maximum atomic E-state index is 8.82. The number of anilines is 2. The molecule has 0 saturated carbocycles. The molecule has 118 valence electrons. The first-order valence-electron chi connectivity index (χ1n) is 7.22. The molecule has 0 unspecified atom stereocenters. The highest BCUT2D eigenvalue weighted by molar-refractivity contribution is 5.94. The van der Waals surface area contributed by atoms with E-state index in [9.17, 15) is 0 Å². The highest BCUT2D eigenvalue weighted by Gasteiger charge is 2.08. The summed E-state index contributed by atoms with van der Waals surface area (Å²) in [5, 5.41) is 11.7. The van der Waals surface area contributed by atoms with Crippen molar-refractivity contribution in [2.45, 2.75) is 13.3 Å². The summed E-state index contributed by atoms with van der Waals surface area (Å²) in [6.45, 7) is 2.64. The molecule has 6 heteroatoms. The minimum absolute atomic E-state index is 0.0399. The SMILES string of the molecule is CCCOc1ccc(N)c(N/C(=N/C#N)Oc2ccccc2)c1. The fraction of sp³-hybridized carbons (Fsp3) is 0.176. The van der Waals surface area contributed by atoms with Crippen LogP contribution in [0.2, 0.25) is 0 Å². The molecule has 2 aromatic carbocycles. The molecule has 2 rings (SSSR count). The molecule has 0 amide bonds. The Morgan fingerprint density at radius 3 is 2.70 bits per heavy atom. The second-order valence-electron chi connectivity index (χ2n) is 4.65. The van der Waals surface area contributed by atoms with Gasteiger partial charge in [-0.2, -0.15) is 5.26 Å². The van der Waals surface area contributed by atoms with Crippen molar-refractivity contribution in [1.29, 1.82) is 5.26 Å². The molecule has 23 heavy (non-hydrogen) atoms. The van der Waals surface area contributed by atoms with Gasteiger partial charge in [-0.15, -0.1) is 4.99 Å². The number of ether oxygens (including phenoxy) is 2. The number of nitrogens with zero attached hydrogens (tertiary/aromatic N) is 2. The summed E-state index contributed by atoms with van der Waals surface area (Å²) in [4.78, 5) is 3.64. The van der Waals surface area contributed by atoms with Crippen LogP contribution in [0.5, 0.6) is 11.5 Å². The van der Waals surface area contributed by atoms with E-state index in [0.717, 1.165) is 6.42 Å². The van der Waals surface area contributed by atoms with E-state index in [0.29, 0.717) is 29.5 Å². The van der Waals surface area contributed by atoms with Crippen LogP contribution in [0.25, 0.3) is 0 Å². The predicted octanol–water partition coefficient (Wildman–Crippen LogP) is 3.39. The van der Waals surface area contributed by atoms with E-state index < -0.39 is 0 Å². The van der Waals surface area contributed by atoms with Gasteiger partial charge in [0.2, 0.25) is 6.19 Å². The van der Waals surface area contributed by atoms with E-state index in [4.69, 9.17) is 20.5 Å². The van der Waals surface area contributed by atoms with Crippen LogP contribution < -0.4 is 20.5 Å². The summed E-state index contributed by atoms with van der Waals surface area (Å²) < 4.78 is 11.1. The number of amidine groups is 1. The number of aliphatic imine (C=N–C) groups is 1. The number of benzene rings is 2. The molecular weight excluding hydrogens is 292 g/mol. The van der Waals surface area contributed by atoms with Gasteiger partial charge in [0.25, 0.3) is 0 Å². The van der Waals surface area contributed by atoms with Gasteiger partial charge >= 0.3 is 6.02 Å². The zero-order chi connectivity index (χ0) is 16.5. The zero-order valence-corrected chi connectivity index (χ0v) is 12.8. The Labute approximate surface area is 135 Å². The normalized spacial score (nSPS) is 10.7. The van der Waals surface area contributed by atoms with Crippen LogP contribution in [-0.4, -0.2) is 12.6 Å². The van der Waals surface area contributed by atoms with Crippen LogP contribution in [0, 0.1) is 11.5 Å². The van der Waals surface area contributed by atoms with Gasteiger partial charge in [0.05, 0.1) is 18.0 Å². The van der Waals surface area contributed by atoms with Gasteiger partial charge in [-0.25, -0.2) is 0 Å². The van der Waals surface area contributed by atoms with E-state index >= 15 is 0 Å². The van der Waals surface area contributed by atoms with Gasteiger partial charge < -0.3 is 20.5 Å². The molecule has 0 aliphatic carbocycles. The summed E-state index contributed by atoms with van der Waals surface area (Å²) in [6, 6.07) is 14.3. The monoisotopic (exact) mass is 310 g/mol. The minimum atomic E-state index is 0.0399. The van der Waals surface area contributed by atoms with E-state index in [2.05, 4.69) is 10.3 Å². The van der Waals surface area contributed by atoms with Crippen LogP contribution in [0.3, 0.4) is 0 Å². The maximum Gasteiger partial charge on any atom is 0.310 e. The fourth-order valence-corrected chi connectivity index (χ4v) is 1.79. The third kappa shape index (κ3) is 4.93. The van der Waals surface area contributed by atoms with E-state index in [1.54, 1.807) is 36.5 Å². The van der Waals surface area contributed by atoms with E-state index in [1.807, 2.05) is 25.1 Å². The van der Waals surface area contributed by atoms with Gasteiger partial charge in [-0.05, 0) is 30.7 Å². The van der Waals surface area contributed by atoms with E-state index in [1.165, 1.54) is 0 Å². The summed E-state index contributed by atoms with van der Waals surface area (Å²) >= 11 is 0. The molecule has 0 aromatic heterocycles. The van der Waals surface area contributed by atoms with Gasteiger partial charge in [-0.1, -0.05) is 25.1 Å². The summed E-state index contributed by atoms with van der Waals surface area (Å²) in [6.07, 6.45) is 2.61. The molecule has 0 aliphatic rings. The average molecular weight is 310 g/mol. The molecular formula is C17H18N4O2. The van der Waals surface area contributed by atoms with E-state index in [-0.39, 0.29) is 6.02 Å². The maximum absolute atomic E-state index is 8.82. The highest BCUT2D eigenvalue weighted by atomic mass is 16.5. The van der Waals surface area contributed by atoms with Crippen LogP contribution >= 0.6 is 0 Å². The first-order valence-corrected chi connectivity index (χ1v) is 7.22. The van der Waals surface area contributed by atoms with Crippen molar-refractivity contribution in [2.24, 2.45) is 4.99 Å². The summed E-state index contributed by atoms with van der Waals surface area (Å²) in [5.74, 6) is 1.24. The second-order valence-corrected chi connectivity index (χ2v) is 4.65. The van der Waals surface area contributed by atoms with Gasteiger partial charge in [0, 0.05) is 6.07 Å². The first kappa shape index (κ1) is 16.2. The molecule has 0 aliphatic heterocycles. The first-order chi connectivity index (χ1) is 11.2. The quantitative estimate of drug-likeness (QED) is 0.382. The molecule has 0 bridgehead atoms. The highest BCUT2D eigenvalue weighted by Crippen LogP contribution is 2.25. The molecule has 2 aromatic rings. The lowest BCUT2D eigenvalue weighted by atomic mass is 10.2. The number of nitriles is 1. The molecule has 0 atom stereocenters. The Bertz CT molecular complexity index is 708. The number of rotatable bonds is 5. The van der Waals surface area contributed by atoms with Gasteiger partial charge in [0.15, 0.2) is 0 Å². The number of nitrogens with two attached hydrogens (primary N) is 1. The van der Waals surface area contributed by atoms with Gasteiger partial charge in [-0.3, -0.25) is 0 Å². The van der Waals surface area contributed by atoms with Crippen LogP contribution in [0.4, 0.5) is 11.4 Å². The molecule has 0 spiro atoms. The Balaban J connectivity index is 2.17. The molecule has 6 nitrogen and oxygen atoms in total.